The van der Waals surface area contributed by atoms with Crippen LogP contribution >= 0.6 is 0 Å². The minimum atomic E-state index is -0.162. The first-order valence-electron chi connectivity index (χ1n) is 5.32. The lowest BCUT2D eigenvalue weighted by Crippen LogP contribution is -2.44. The van der Waals surface area contributed by atoms with Gasteiger partial charge in [-0.05, 0) is 26.2 Å². The van der Waals surface area contributed by atoms with Crippen molar-refractivity contribution in [1.82, 2.24) is 5.32 Å². The van der Waals surface area contributed by atoms with Crippen molar-refractivity contribution < 1.29 is 9.47 Å². The highest BCUT2D eigenvalue weighted by atomic mass is 16.7. The third kappa shape index (κ3) is 5.58. The van der Waals surface area contributed by atoms with Gasteiger partial charge in [-0.1, -0.05) is 13.8 Å². The lowest BCUT2D eigenvalue weighted by Gasteiger charge is -2.26. The average Bonchev–Trinajstić information content (AvgIpc) is 2.04. The second-order valence-corrected chi connectivity index (χ2v) is 4.33. The van der Waals surface area contributed by atoms with Gasteiger partial charge in [0.25, 0.3) is 0 Å². The molecule has 2 atom stereocenters. The molecular formula is C11H25NO2. The second-order valence-electron chi connectivity index (χ2n) is 4.33. The van der Waals surface area contributed by atoms with Gasteiger partial charge in [0.1, 0.15) is 0 Å². The summed E-state index contributed by atoms with van der Waals surface area (Å²) in [7, 11) is 3.33. The maximum absolute atomic E-state index is 5.18. The van der Waals surface area contributed by atoms with Gasteiger partial charge >= 0.3 is 0 Å². The Morgan fingerprint density at radius 3 is 1.86 bits per heavy atom. The number of rotatable bonds is 7. The summed E-state index contributed by atoms with van der Waals surface area (Å²) in [5.41, 5.74) is 0. The first-order chi connectivity index (χ1) is 6.51. The third-order valence-corrected chi connectivity index (χ3v) is 2.25. The molecule has 0 rings (SSSR count). The van der Waals surface area contributed by atoms with Gasteiger partial charge in [0.2, 0.25) is 0 Å². The second kappa shape index (κ2) is 7.21. The maximum atomic E-state index is 5.18. The Balaban J connectivity index is 3.84. The minimum Gasteiger partial charge on any atom is -0.354 e. The Labute approximate surface area is 88.2 Å². The van der Waals surface area contributed by atoms with Crippen molar-refractivity contribution >= 4 is 0 Å². The van der Waals surface area contributed by atoms with Crippen molar-refractivity contribution in [2.75, 3.05) is 14.2 Å². The van der Waals surface area contributed by atoms with E-state index in [0.29, 0.717) is 12.0 Å². The van der Waals surface area contributed by atoms with Crippen LogP contribution in [0.4, 0.5) is 0 Å². The molecule has 0 saturated heterocycles. The molecule has 0 aromatic rings. The Morgan fingerprint density at radius 2 is 1.50 bits per heavy atom. The van der Waals surface area contributed by atoms with Gasteiger partial charge in [-0.25, -0.2) is 0 Å². The molecule has 2 unspecified atom stereocenters. The summed E-state index contributed by atoms with van der Waals surface area (Å²) in [4.78, 5) is 0. The van der Waals surface area contributed by atoms with E-state index in [1.807, 2.05) is 0 Å². The summed E-state index contributed by atoms with van der Waals surface area (Å²) in [6.07, 6.45) is 1.01. The number of nitrogens with one attached hydrogen (secondary N) is 1. The van der Waals surface area contributed by atoms with E-state index in [0.717, 1.165) is 0 Å². The molecule has 0 heterocycles. The monoisotopic (exact) mass is 203 g/mol. The van der Waals surface area contributed by atoms with Crippen LogP contribution < -0.4 is 5.32 Å². The molecule has 14 heavy (non-hydrogen) atoms. The molecule has 3 nitrogen and oxygen atoms in total. The van der Waals surface area contributed by atoms with Gasteiger partial charge in [-0.3, -0.25) is 0 Å². The highest BCUT2D eigenvalue weighted by Gasteiger charge is 2.17. The van der Waals surface area contributed by atoms with Crippen LogP contribution in [0.1, 0.15) is 34.1 Å². The molecule has 0 aromatic carbocycles. The smallest absolute Gasteiger partial charge is 0.171 e. The fourth-order valence-corrected chi connectivity index (χ4v) is 1.81. The van der Waals surface area contributed by atoms with Gasteiger partial charge in [-0.2, -0.15) is 0 Å². The van der Waals surface area contributed by atoms with Crippen molar-refractivity contribution in [3.8, 4) is 0 Å². The zero-order chi connectivity index (χ0) is 11.1. The van der Waals surface area contributed by atoms with Crippen LogP contribution in [0.25, 0.3) is 0 Å². The molecule has 0 aliphatic heterocycles. The van der Waals surface area contributed by atoms with E-state index in [2.05, 4.69) is 33.0 Å². The summed E-state index contributed by atoms with van der Waals surface area (Å²) in [6, 6.07) is 0.719. The third-order valence-electron chi connectivity index (χ3n) is 2.25. The van der Waals surface area contributed by atoms with E-state index >= 15 is 0 Å². The Hall–Kier alpha value is -0.120. The molecule has 0 saturated carbocycles. The van der Waals surface area contributed by atoms with Crippen LogP contribution in [-0.4, -0.2) is 32.6 Å². The largest absolute Gasteiger partial charge is 0.354 e. The Kier molecular flexibility index (Phi) is 7.15. The SMILES string of the molecule is COC(OC)C(C)NC(C)CC(C)C. The highest BCUT2D eigenvalue weighted by Crippen LogP contribution is 2.07. The van der Waals surface area contributed by atoms with E-state index in [4.69, 9.17) is 9.47 Å². The van der Waals surface area contributed by atoms with E-state index < -0.39 is 0 Å². The molecule has 3 heteroatoms. The van der Waals surface area contributed by atoms with Crippen LogP contribution in [0.2, 0.25) is 0 Å². The Bertz CT molecular complexity index is 135. The maximum Gasteiger partial charge on any atom is 0.171 e. The topological polar surface area (TPSA) is 30.5 Å². The predicted octanol–water partition coefficient (Wildman–Crippen LogP) is 2.02. The van der Waals surface area contributed by atoms with Crippen LogP contribution in [0.15, 0.2) is 0 Å². The lowest BCUT2D eigenvalue weighted by atomic mass is 10.0. The van der Waals surface area contributed by atoms with E-state index in [-0.39, 0.29) is 12.3 Å². The van der Waals surface area contributed by atoms with E-state index in [9.17, 15) is 0 Å². The van der Waals surface area contributed by atoms with E-state index in [1.54, 1.807) is 14.2 Å². The summed E-state index contributed by atoms with van der Waals surface area (Å²) >= 11 is 0. The van der Waals surface area contributed by atoms with Gasteiger partial charge in [-0.15, -0.1) is 0 Å². The van der Waals surface area contributed by atoms with Crippen molar-refractivity contribution in [1.29, 1.82) is 0 Å². The van der Waals surface area contributed by atoms with Gasteiger partial charge in [0, 0.05) is 20.3 Å². The predicted molar refractivity (Wildman–Crippen MR) is 59.3 cm³/mol. The number of ether oxygens (including phenoxy) is 2. The van der Waals surface area contributed by atoms with Crippen LogP contribution in [-0.2, 0) is 9.47 Å². The summed E-state index contributed by atoms with van der Waals surface area (Å²) in [5, 5.41) is 3.46. The molecule has 0 fully saturated rings. The molecule has 0 aliphatic rings. The normalized spacial score (nSPS) is 16.3. The highest BCUT2D eigenvalue weighted by molar-refractivity contribution is 4.71. The van der Waals surface area contributed by atoms with Crippen molar-refractivity contribution in [3.05, 3.63) is 0 Å². The van der Waals surface area contributed by atoms with Crippen LogP contribution in [0.3, 0.4) is 0 Å². The van der Waals surface area contributed by atoms with Gasteiger partial charge in [0.05, 0.1) is 6.04 Å². The molecule has 0 spiro atoms. The molecule has 86 valence electrons. The minimum absolute atomic E-state index is 0.162. The summed E-state index contributed by atoms with van der Waals surface area (Å²) < 4.78 is 10.4. The number of hydrogen-bond donors (Lipinski definition) is 1. The van der Waals surface area contributed by atoms with Crippen molar-refractivity contribution in [2.45, 2.75) is 52.5 Å². The van der Waals surface area contributed by atoms with Crippen LogP contribution in [0.5, 0.6) is 0 Å². The molecule has 0 amide bonds. The van der Waals surface area contributed by atoms with Crippen molar-refractivity contribution in [2.24, 2.45) is 5.92 Å². The zero-order valence-electron chi connectivity index (χ0n) is 10.3. The zero-order valence-corrected chi connectivity index (χ0v) is 10.3. The summed E-state index contributed by atoms with van der Waals surface area (Å²) in [5.74, 6) is 0.716. The lowest BCUT2D eigenvalue weighted by molar-refractivity contribution is -0.120. The molecular weight excluding hydrogens is 178 g/mol. The number of methoxy groups -OCH3 is 2. The standard InChI is InChI=1S/C11H25NO2/c1-8(2)7-9(3)12-10(4)11(13-5)14-6/h8-12H,7H2,1-6H3. The molecule has 0 aliphatic carbocycles. The molecule has 0 aromatic heterocycles. The van der Waals surface area contributed by atoms with Crippen LogP contribution in [0, 0.1) is 5.92 Å². The number of hydrogen-bond acceptors (Lipinski definition) is 3. The average molecular weight is 203 g/mol. The molecule has 0 radical (unpaired) electrons. The fourth-order valence-electron chi connectivity index (χ4n) is 1.81. The molecule has 0 bridgehead atoms. The molecule has 1 N–H and O–H groups in total. The first kappa shape index (κ1) is 13.9. The van der Waals surface area contributed by atoms with E-state index in [1.165, 1.54) is 6.42 Å². The fraction of sp³-hybridized carbons (Fsp3) is 1.00. The van der Waals surface area contributed by atoms with Gasteiger partial charge in [0.15, 0.2) is 6.29 Å². The first-order valence-corrected chi connectivity index (χ1v) is 5.32. The Morgan fingerprint density at radius 1 is 1.00 bits per heavy atom. The van der Waals surface area contributed by atoms with Crippen molar-refractivity contribution in [3.63, 3.8) is 0 Å². The quantitative estimate of drug-likeness (QED) is 0.642. The van der Waals surface area contributed by atoms with Gasteiger partial charge < -0.3 is 14.8 Å². The summed E-state index contributed by atoms with van der Waals surface area (Å²) in [6.45, 7) is 8.73.